The lowest BCUT2D eigenvalue weighted by Gasteiger charge is -2.26. The summed E-state index contributed by atoms with van der Waals surface area (Å²) in [5, 5.41) is 13.9. The summed E-state index contributed by atoms with van der Waals surface area (Å²) in [4.78, 5) is 25.8. The molecule has 1 aromatic heterocycles. The smallest absolute Gasteiger partial charge is 0.435 e. The van der Waals surface area contributed by atoms with Gasteiger partial charge in [-0.1, -0.05) is 12.1 Å². The van der Waals surface area contributed by atoms with Crippen LogP contribution >= 0.6 is 0 Å². The van der Waals surface area contributed by atoms with Gasteiger partial charge in [-0.05, 0) is 68.8 Å². The molecule has 3 rings (SSSR count). The fraction of sp³-hybridized carbons (Fsp3) is 0.320. The van der Waals surface area contributed by atoms with Crippen molar-refractivity contribution in [2.75, 3.05) is 13.6 Å². The van der Waals surface area contributed by atoms with E-state index in [0.29, 0.717) is 11.3 Å². The molecule has 8 nitrogen and oxygen atoms in total. The minimum absolute atomic E-state index is 0.00110. The lowest BCUT2D eigenvalue weighted by Crippen LogP contribution is -2.36. The van der Waals surface area contributed by atoms with Crippen LogP contribution in [0.15, 0.2) is 60.8 Å². The minimum Gasteiger partial charge on any atom is -0.444 e. The third-order valence-electron chi connectivity index (χ3n) is 4.87. The van der Waals surface area contributed by atoms with E-state index in [1.165, 1.54) is 54.5 Å². The predicted octanol–water partition coefficient (Wildman–Crippen LogP) is 5.01. The number of carbonyl (C=O) groups is 2. The third kappa shape index (κ3) is 7.08. The molecule has 0 bridgehead atoms. The molecule has 3 aromatic rings. The van der Waals surface area contributed by atoms with E-state index in [1.54, 1.807) is 32.9 Å². The standard InChI is InChI=1S/C25H26F3N3O5/c1-24(2,3)36-23(34)30(4)15-20(32)16-7-11-19(12-8-16)35-22(33)17-5-9-18(10-6-17)31-14-13-21(29-31)25(26,27)28/h5-14,20,32H,15H2,1-4H3. The number of ether oxygens (including phenoxy) is 2. The second-order valence-corrected chi connectivity index (χ2v) is 9.03. The first-order valence-corrected chi connectivity index (χ1v) is 10.9. The summed E-state index contributed by atoms with van der Waals surface area (Å²) in [7, 11) is 1.51. The molecule has 0 radical (unpaired) electrons. The number of hydrogen-bond donors (Lipinski definition) is 1. The van der Waals surface area contributed by atoms with Crippen LogP contribution in [0.4, 0.5) is 18.0 Å². The molecule has 0 aliphatic carbocycles. The number of rotatable bonds is 6. The molecule has 36 heavy (non-hydrogen) atoms. The molecule has 0 saturated heterocycles. The van der Waals surface area contributed by atoms with Crippen molar-refractivity contribution in [2.24, 2.45) is 0 Å². The average Bonchev–Trinajstić information content (AvgIpc) is 3.29. The van der Waals surface area contributed by atoms with Gasteiger partial charge in [-0.3, -0.25) is 0 Å². The summed E-state index contributed by atoms with van der Waals surface area (Å²) in [5.41, 5.74) is -0.636. The van der Waals surface area contributed by atoms with Gasteiger partial charge < -0.3 is 19.5 Å². The first kappa shape index (κ1) is 26.7. The maximum atomic E-state index is 12.7. The number of esters is 1. The Morgan fingerprint density at radius 3 is 2.17 bits per heavy atom. The molecule has 0 spiro atoms. The van der Waals surface area contributed by atoms with Crippen LogP contribution in [0.5, 0.6) is 5.75 Å². The van der Waals surface area contributed by atoms with Gasteiger partial charge in [0.2, 0.25) is 0 Å². The van der Waals surface area contributed by atoms with Crippen molar-refractivity contribution in [1.82, 2.24) is 14.7 Å². The van der Waals surface area contributed by atoms with Crippen molar-refractivity contribution in [1.29, 1.82) is 0 Å². The van der Waals surface area contributed by atoms with Crippen molar-refractivity contribution in [3.63, 3.8) is 0 Å². The summed E-state index contributed by atoms with van der Waals surface area (Å²) < 4.78 is 49.8. The van der Waals surface area contributed by atoms with Crippen LogP contribution in [0.2, 0.25) is 0 Å². The maximum absolute atomic E-state index is 12.7. The largest absolute Gasteiger partial charge is 0.444 e. The number of aliphatic hydroxyl groups excluding tert-OH is 1. The number of hydrogen-bond acceptors (Lipinski definition) is 6. The van der Waals surface area contributed by atoms with E-state index >= 15 is 0 Å². The Bertz CT molecular complexity index is 1200. The molecule has 1 N–H and O–H groups in total. The zero-order chi connectivity index (χ0) is 26.7. The Morgan fingerprint density at radius 2 is 1.64 bits per heavy atom. The van der Waals surface area contributed by atoms with Crippen molar-refractivity contribution < 1.29 is 37.3 Å². The molecule has 2 aromatic carbocycles. The van der Waals surface area contributed by atoms with Crippen molar-refractivity contribution in [3.8, 4) is 11.4 Å². The summed E-state index contributed by atoms with van der Waals surface area (Å²) in [6.07, 6.45) is -4.92. The van der Waals surface area contributed by atoms with E-state index in [1.807, 2.05) is 0 Å². The number of amides is 1. The Kier molecular flexibility index (Phi) is 7.73. The quantitative estimate of drug-likeness (QED) is 0.374. The van der Waals surface area contributed by atoms with Crippen LogP contribution in [0.1, 0.15) is 48.5 Å². The van der Waals surface area contributed by atoms with Crippen LogP contribution in [0, 0.1) is 0 Å². The number of alkyl halides is 3. The number of likely N-dealkylation sites (N-methyl/N-ethyl adjacent to an activating group) is 1. The first-order chi connectivity index (χ1) is 16.7. The first-order valence-electron chi connectivity index (χ1n) is 10.9. The summed E-state index contributed by atoms with van der Waals surface area (Å²) in [6.45, 7) is 5.24. The van der Waals surface area contributed by atoms with E-state index in [9.17, 15) is 27.9 Å². The fourth-order valence-electron chi connectivity index (χ4n) is 3.07. The lowest BCUT2D eigenvalue weighted by atomic mass is 10.1. The van der Waals surface area contributed by atoms with E-state index in [4.69, 9.17) is 9.47 Å². The van der Waals surface area contributed by atoms with Crippen LogP contribution < -0.4 is 4.74 Å². The molecule has 0 fully saturated rings. The van der Waals surface area contributed by atoms with E-state index in [0.717, 1.165) is 10.7 Å². The third-order valence-corrected chi connectivity index (χ3v) is 4.87. The number of nitrogens with zero attached hydrogens (tertiary/aromatic N) is 3. The SMILES string of the molecule is CN(CC(O)c1ccc(OC(=O)c2ccc(-n3ccc(C(F)(F)F)n3)cc2)cc1)C(=O)OC(C)(C)C. The zero-order valence-electron chi connectivity index (χ0n) is 20.1. The summed E-state index contributed by atoms with van der Waals surface area (Å²) in [6, 6.07) is 12.7. The average molecular weight is 505 g/mol. The Balaban J connectivity index is 1.58. The highest BCUT2D eigenvalue weighted by molar-refractivity contribution is 5.91. The molecule has 0 saturated carbocycles. The molecule has 1 atom stereocenters. The topological polar surface area (TPSA) is 93.9 Å². The molecule has 192 valence electrons. The van der Waals surface area contributed by atoms with Gasteiger partial charge in [-0.2, -0.15) is 18.3 Å². The Morgan fingerprint density at radius 1 is 1.03 bits per heavy atom. The number of halogens is 3. The second kappa shape index (κ2) is 10.4. The highest BCUT2D eigenvalue weighted by Crippen LogP contribution is 2.28. The molecule has 0 aliphatic heterocycles. The highest BCUT2D eigenvalue weighted by Gasteiger charge is 2.33. The van der Waals surface area contributed by atoms with E-state index in [-0.39, 0.29) is 17.9 Å². The van der Waals surface area contributed by atoms with E-state index in [2.05, 4.69) is 5.10 Å². The monoisotopic (exact) mass is 505 g/mol. The van der Waals surface area contributed by atoms with Gasteiger partial charge in [0.05, 0.1) is 23.9 Å². The van der Waals surface area contributed by atoms with Gasteiger partial charge in [-0.25, -0.2) is 14.3 Å². The lowest BCUT2D eigenvalue weighted by molar-refractivity contribution is -0.141. The number of aromatic nitrogens is 2. The van der Waals surface area contributed by atoms with Crippen LogP contribution in [-0.2, 0) is 10.9 Å². The van der Waals surface area contributed by atoms with Crippen molar-refractivity contribution >= 4 is 12.1 Å². The van der Waals surface area contributed by atoms with Crippen molar-refractivity contribution in [3.05, 3.63) is 77.6 Å². The van der Waals surface area contributed by atoms with Crippen LogP contribution in [0.3, 0.4) is 0 Å². The maximum Gasteiger partial charge on any atom is 0.435 e. The van der Waals surface area contributed by atoms with Gasteiger partial charge in [0.1, 0.15) is 11.4 Å². The normalized spacial score (nSPS) is 12.7. The van der Waals surface area contributed by atoms with E-state index < -0.39 is 35.6 Å². The summed E-state index contributed by atoms with van der Waals surface area (Å²) in [5.74, 6) is -0.446. The van der Waals surface area contributed by atoms with Gasteiger partial charge in [0, 0.05) is 13.2 Å². The summed E-state index contributed by atoms with van der Waals surface area (Å²) >= 11 is 0. The van der Waals surface area contributed by atoms with Crippen LogP contribution in [0.25, 0.3) is 5.69 Å². The molecular weight excluding hydrogens is 479 g/mol. The zero-order valence-corrected chi connectivity index (χ0v) is 20.1. The van der Waals surface area contributed by atoms with Gasteiger partial charge in [0.15, 0.2) is 5.69 Å². The molecule has 1 heterocycles. The highest BCUT2D eigenvalue weighted by atomic mass is 19.4. The van der Waals surface area contributed by atoms with Gasteiger partial charge >= 0.3 is 18.2 Å². The second-order valence-electron chi connectivity index (χ2n) is 9.03. The van der Waals surface area contributed by atoms with Crippen LogP contribution in [-0.4, -0.2) is 51.0 Å². The fourth-order valence-corrected chi connectivity index (χ4v) is 3.07. The number of aliphatic hydroxyl groups is 1. The molecular formula is C25H26F3N3O5. The molecule has 1 amide bonds. The Hall–Kier alpha value is -3.86. The number of carbonyl (C=O) groups excluding carboxylic acids is 2. The molecule has 0 aliphatic rings. The number of benzene rings is 2. The minimum atomic E-state index is -4.55. The predicted molar refractivity (Wildman–Crippen MR) is 124 cm³/mol. The Labute approximate surface area is 205 Å². The van der Waals surface area contributed by atoms with Gasteiger partial charge in [0.25, 0.3) is 0 Å². The molecule has 11 heteroatoms. The molecule has 1 unspecified atom stereocenters. The van der Waals surface area contributed by atoms with Crippen molar-refractivity contribution in [2.45, 2.75) is 38.7 Å². The van der Waals surface area contributed by atoms with Gasteiger partial charge in [-0.15, -0.1) is 0 Å².